The Morgan fingerprint density at radius 2 is 2.00 bits per heavy atom. The summed E-state index contributed by atoms with van der Waals surface area (Å²) in [4.78, 5) is 14.6. The van der Waals surface area contributed by atoms with Crippen molar-refractivity contribution in [3.63, 3.8) is 0 Å². The van der Waals surface area contributed by atoms with Crippen LogP contribution in [0.15, 0.2) is 24.3 Å². The summed E-state index contributed by atoms with van der Waals surface area (Å²) >= 11 is 1.95. The topological polar surface area (TPSA) is 53.6 Å². The van der Waals surface area contributed by atoms with Gasteiger partial charge in [-0.15, -0.1) is 0 Å². The Hall–Kier alpha value is -1.31. The third-order valence-corrected chi connectivity index (χ3v) is 5.94. The highest BCUT2D eigenvalue weighted by Gasteiger charge is 2.40. The molecular weight excluding hydrogens is 329 g/mol. The van der Waals surface area contributed by atoms with E-state index in [0.29, 0.717) is 13.1 Å². The summed E-state index contributed by atoms with van der Waals surface area (Å²) in [5.74, 6) is 1.91. The van der Waals surface area contributed by atoms with Crippen LogP contribution in [0.2, 0.25) is 0 Å². The Labute approximate surface area is 146 Å². The minimum Gasteiger partial charge on any atom is -0.379 e. The number of halogens is 1. The first kappa shape index (κ1) is 17.5. The number of carbonyl (C=O) groups excluding carboxylic acids is 1. The van der Waals surface area contributed by atoms with Crippen molar-refractivity contribution in [1.29, 1.82) is 0 Å². The van der Waals surface area contributed by atoms with Gasteiger partial charge in [0.15, 0.2) is 0 Å². The molecule has 3 rings (SSSR count). The van der Waals surface area contributed by atoms with E-state index in [0.717, 1.165) is 49.8 Å². The molecule has 0 aromatic heterocycles. The monoisotopic (exact) mass is 353 g/mol. The van der Waals surface area contributed by atoms with Crippen LogP contribution >= 0.6 is 11.8 Å². The number of ether oxygens (including phenoxy) is 1. The SMILES string of the molecule is O=C(NCc1ccc(F)cc1)NC[C@@]1(N2CCOCC2)CCSC1. The first-order valence-corrected chi connectivity index (χ1v) is 9.50. The second-order valence-corrected chi connectivity index (χ2v) is 7.39. The normalized spacial score (nSPS) is 24.7. The maximum absolute atomic E-state index is 12.9. The maximum atomic E-state index is 12.9. The van der Waals surface area contributed by atoms with E-state index in [4.69, 9.17) is 4.74 Å². The quantitative estimate of drug-likeness (QED) is 0.848. The average molecular weight is 353 g/mol. The Morgan fingerprint density at radius 3 is 2.67 bits per heavy atom. The average Bonchev–Trinajstić information content (AvgIpc) is 3.10. The first-order chi connectivity index (χ1) is 11.7. The van der Waals surface area contributed by atoms with Gasteiger partial charge in [-0.1, -0.05) is 12.1 Å². The number of urea groups is 1. The van der Waals surface area contributed by atoms with Crippen LogP contribution in [-0.4, -0.2) is 60.8 Å². The third kappa shape index (κ3) is 4.40. The van der Waals surface area contributed by atoms with E-state index in [1.807, 2.05) is 11.8 Å². The molecule has 1 atom stereocenters. The van der Waals surface area contributed by atoms with Crippen molar-refractivity contribution < 1.29 is 13.9 Å². The highest BCUT2D eigenvalue weighted by Crippen LogP contribution is 2.33. The van der Waals surface area contributed by atoms with Gasteiger partial charge in [0.2, 0.25) is 0 Å². The highest BCUT2D eigenvalue weighted by atomic mass is 32.2. The van der Waals surface area contributed by atoms with Crippen LogP contribution in [-0.2, 0) is 11.3 Å². The molecule has 2 amide bonds. The van der Waals surface area contributed by atoms with Gasteiger partial charge in [-0.3, -0.25) is 4.90 Å². The summed E-state index contributed by atoms with van der Waals surface area (Å²) in [6, 6.07) is 5.98. The van der Waals surface area contributed by atoms with E-state index in [1.165, 1.54) is 12.1 Å². The van der Waals surface area contributed by atoms with Gasteiger partial charge in [-0.2, -0.15) is 11.8 Å². The molecule has 0 aliphatic carbocycles. The number of thioether (sulfide) groups is 1. The number of amides is 2. The fraction of sp³-hybridized carbons (Fsp3) is 0.588. The van der Waals surface area contributed by atoms with Crippen molar-refractivity contribution in [2.45, 2.75) is 18.5 Å². The number of morpholine rings is 1. The van der Waals surface area contributed by atoms with Gasteiger partial charge in [0.1, 0.15) is 5.82 Å². The molecule has 0 radical (unpaired) electrons. The molecule has 0 bridgehead atoms. The molecule has 132 valence electrons. The van der Waals surface area contributed by atoms with E-state index in [2.05, 4.69) is 15.5 Å². The standard InChI is InChI=1S/C17H24FN3O2S/c18-15-3-1-14(2-4-15)11-19-16(22)20-12-17(5-10-24-13-17)21-6-8-23-9-7-21/h1-4H,5-13H2,(H2,19,20,22)/t17-/m0/s1. The second-order valence-electron chi connectivity index (χ2n) is 6.29. The zero-order valence-corrected chi connectivity index (χ0v) is 14.5. The molecule has 1 aromatic carbocycles. The first-order valence-electron chi connectivity index (χ1n) is 8.35. The number of hydrogen-bond donors (Lipinski definition) is 2. The van der Waals surface area contributed by atoms with Crippen LogP contribution in [0.25, 0.3) is 0 Å². The van der Waals surface area contributed by atoms with Crippen molar-refractivity contribution in [1.82, 2.24) is 15.5 Å². The summed E-state index contributed by atoms with van der Waals surface area (Å²) in [6.45, 7) is 4.44. The van der Waals surface area contributed by atoms with Gasteiger partial charge in [0.25, 0.3) is 0 Å². The molecule has 2 N–H and O–H groups in total. The lowest BCUT2D eigenvalue weighted by molar-refractivity contribution is -0.0124. The molecule has 0 unspecified atom stereocenters. The van der Waals surface area contributed by atoms with Gasteiger partial charge in [-0.25, -0.2) is 9.18 Å². The fourth-order valence-corrected chi connectivity index (χ4v) is 4.70. The van der Waals surface area contributed by atoms with Crippen molar-refractivity contribution >= 4 is 17.8 Å². The van der Waals surface area contributed by atoms with Gasteiger partial charge in [-0.05, 0) is 29.9 Å². The molecular formula is C17H24FN3O2S. The van der Waals surface area contributed by atoms with Gasteiger partial charge in [0, 0.05) is 37.5 Å². The van der Waals surface area contributed by atoms with E-state index in [9.17, 15) is 9.18 Å². The second kappa shape index (κ2) is 8.18. The molecule has 1 aromatic rings. The van der Waals surface area contributed by atoms with Gasteiger partial charge < -0.3 is 15.4 Å². The van der Waals surface area contributed by atoms with Crippen molar-refractivity contribution in [2.75, 3.05) is 44.4 Å². The Morgan fingerprint density at radius 1 is 1.25 bits per heavy atom. The molecule has 2 fully saturated rings. The predicted molar refractivity (Wildman–Crippen MR) is 93.7 cm³/mol. The minimum atomic E-state index is -0.269. The van der Waals surface area contributed by atoms with Crippen molar-refractivity contribution in [3.05, 3.63) is 35.6 Å². The highest BCUT2D eigenvalue weighted by molar-refractivity contribution is 7.99. The van der Waals surface area contributed by atoms with Gasteiger partial charge in [0.05, 0.1) is 13.2 Å². The van der Waals surface area contributed by atoms with Crippen molar-refractivity contribution in [3.8, 4) is 0 Å². The van der Waals surface area contributed by atoms with E-state index in [1.54, 1.807) is 12.1 Å². The molecule has 2 heterocycles. The molecule has 5 nitrogen and oxygen atoms in total. The lowest BCUT2D eigenvalue weighted by Gasteiger charge is -2.43. The Kier molecular flexibility index (Phi) is 5.97. The van der Waals surface area contributed by atoms with E-state index < -0.39 is 0 Å². The van der Waals surface area contributed by atoms with Crippen molar-refractivity contribution in [2.24, 2.45) is 0 Å². The summed E-state index contributed by atoms with van der Waals surface area (Å²) in [6.07, 6.45) is 1.09. The molecule has 2 aliphatic heterocycles. The van der Waals surface area contributed by atoms with Crippen LogP contribution < -0.4 is 10.6 Å². The van der Waals surface area contributed by atoms with Crippen LogP contribution in [0.5, 0.6) is 0 Å². The maximum Gasteiger partial charge on any atom is 0.315 e. The third-order valence-electron chi connectivity index (χ3n) is 4.71. The number of benzene rings is 1. The van der Waals surface area contributed by atoms with Crippen LogP contribution in [0, 0.1) is 5.82 Å². The molecule has 2 aliphatic rings. The summed E-state index contributed by atoms with van der Waals surface area (Å²) in [5, 5.41) is 5.86. The van der Waals surface area contributed by atoms with Crippen LogP contribution in [0.3, 0.4) is 0 Å². The lowest BCUT2D eigenvalue weighted by Crippen LogP contribution is -2.59. The number of carbonyl (C=O) groups is 1. The summed E-state index contributed by atoms with van der Waals surface area (Å²) in [7, 11) is 0. The zero-order chi connectivity index (χ0) is 16.8. The Balaban J connectivity index is 1.49. The summed E-state index contributed by atoms with van der Waals surface area (Å²) < 4.78 is 18.3. The molecule has 0 spiro atoms. The zero-order valence-electron chi connectivity index (χ0n) is 13.7. The predicted octanol–water partition coefficient (Wildman–Crippen LogP) is 1.83. The Bertz CT molecular complexity index is 543. The van der Waals surface area contributed by atoms with Crippen LogP contribution in [0.1, 0.15) is 12.0 Å². The number of rotatable bonds is 5. The largest absolute Gasteiger partial charge is 0.379 e. The van der Waals surface area contributed by atoms with E-state index >= 15 is 0 Å². The molecule has 7 heteroatoms. The smallest absolute Gasteiger partial charge is 0.315 e. The minimum absolute atomic E-state index is 0.0433. The van der Waals surface area contributed by atoms with E-state index in [-0.39, 0.29) is 17.4 Å². The summed E-state index contributed by atoms with van der Waals surface area (Å²) in [5.41, 5.74) is 0.924. The molecule has 2 saturated heterocycles. The molecule has 0 saturated carbocycles. The fourth-order valence-electron chi connectivity index (χ4n) is 3.23. The van der Waals surface area contributed by atoms with Crippen LogP contribution in [0.4, 0.5) is 9.18 Å². The lowest BCUT2D eigenvalue weighted by atomic mass is 9.95. The molecule has 24 heavy (non-hydrogen) atoms. The number of nitrogens with one attached hydrogen (secondary N) is 2. The number of hydrogen-bond acceptors (Lipinski definition) is 4. The number of nitrogens with zero attached hydrogens (tertiary/aromatic N) is 1. The van der Waals surface area contributed by atoms with Gasteiger partial charge >= 0.3 is 6.03 Å².